The number of ketones is 1. The molecule has 1 aliphatic heterocycles. The van der Waals surface area contributed by atoms with E-state index in [2.05, 4.69) is 24.9 Å². The van der Waals surface area contributed by atoms with Gasteiger partial charge in [0.2, 0.25) is 0 Å². The molecule has 32 heavy (non-hydrogen) atoms. The highest BCUT2D eigenvalue weighted by atomic mass is 35.5. The molecule has 6 heteroatoms. The molecule has 0 aromatic carbocycles. The molecule has 0 spiro atoms. The van der Waals surface area contributed by atoms with Crippen LogP contribution in [0.5, 0.6) is 0 Å². The third-order valence-corrected chi connectivity index (χ3v) is 7.42. The first kappa shape index (κ1) is 26.8. The molecule has 0 fully saturated rings. The maximum absolute atomic E-state index is 13.0. The number of aryl methyl sites for hydroxylation is 1. The van der Waals surface area contributed by atoms with Gasteiger partial charge < -0.3 is 4.74 Å². The fourth-order valence-electron chi connectivity index (χ4n) is 4.29. The van der Waals surface area contributed by atoms with E-state index in [-0.39, 0.29) is 24.1 Å². The fourth-order valence-corrected chi connectivity index (χ4v) is 5.10. The van der Waals surface area contributed by atoms with Crippen molar-refractivity contribution in [3.05, 3.63) is 32.8 Å². The quantitative estimate of drug-likeness (QED) is 0.325. The second-order valence-electron chi connectivity index (χ2n) is 9.97. The second kappa shape index (κ2) is 12.1. The molecule has 4 nitrogen and oxygen atoms in total. The average molecular weight is 480 g/mol. The van der Waals surface area contributed by atoms with Gasteiger partial charge in [-0.2, -0.15) is 0 Å². The van der Waals surface area contributed by atoms with Gasteiger partial charge in [-0.15, -0.1) is 11.3 Å². The summed E-state index contributed by atoms with van der Waals surface area (Å²) in [7, 11) is 0. The zero-order valence-electron chi connectivity index (χ0n) is 20.4. The van der Waals surface area contributed by atoms with E-state index in [4.69, 9.17) is 16.3 Å². The number of carbonyl (C=O) groups excluding carboxylic acids is 2. The topological polar surface area (TPSA) is 56.3 Å². The summed E-state index contributed by atoms with van der Waals surface area (Å²) in [5.74, 6) is 0.402. The highest BCUT2D eigenvalue weighted by Crippen LogP contribution is 2.32. The van der Waals surface area contributed by atoms with Crippen molar-refractivity contribution >= 4 is 40.8 Å². The molecule has 0 bridgehead atoms. The number of nitrogens with zero attached hydrogens (tertiary/aromatic N) is 1. The molecule has 0 saturated heterocycles. The lowest BCUT2D eigenvalue weighted by Gasteiger charge is -2.28. The molecule has 1 aliphatic rings. The Kier molecular flexibility index (Phi) is 10.2. The van der Waals surface area contributed by atoms with Crippen LogP contribution in [-0.4, -0.2) is 22.8 Å². The minimum atomic E-state index is -0.557. The van der Waals surface area contributed by atoms with E-state index in [1.54, 1.807) is 17.4 Å². The zero-order chi connectivity index (χ0) is 23.9. The number of aromatic nitrogens is 1. The van der Waals surface area contributed by atoms with Crippen molar-refractivity contribution in [1.82, 2.24) is 4.98 Å². The maximum Gasteiger partial charge on any atom is 0.306 e. The van der Waals surface area contributed by atoms with Gasteiger partial charge in [0.25, 0.3) is 0 Å². The van der Waals surface area contributed by atoms with Gasteiger partial charge in [0.1, 0.15) is 11.9 Å². The van der Waals surface area contributed by atoms with E-state index in [0.717, 1.165) is 36.4 Å². The van der Waals surface area contributed by atoms with Gasteiger partial charge in [0.05, 0.1) is 15.7 Å². The first-order valence-electron chi connectivity index (χ1n) is 11.7. The normalized spacial score (nSPS) is 27.0. The number of rotatable bonds is 2. The van der Waals surface area contributed by atoms with Crippen LogP contribution in [0.25, 0.3) is 6.08 Å². The van der Waals surface area contributed by atoms with Crippen molar-refractivity contribution in [3.63, 3.8) is 0 Å². The summed E-state index contributed by atoms with van der Waals surface area (Å²) in [6, 6.07) is 0. The largest absolute Gasteiger partial charge is 0.456 e. The van der Waals surface area contributed by atoms with Crippen LogP contribution >= 0.6 is 22.9 Å². The Morgan fingerprint density at radius 2 is 1.97 bits per heavy atom. The van der Waals surface area contributed by atoms with Crippen LogP contribution in [0.4, 0.5) is 0 Å². The average Bonchev–Trinajstić information content (AvgIpc) is 3.12. The number of halogens is 1. The SMILES string of the molecule is CC1=CCC(C(Cl)=Cc2csc(C)n2)OC(=O)CCC(C)(C)C(=O)C(C)CC(C)CCC1. The van der Waals surface area contributed by atoms with Gasteiger partial charge in [-0.1, -0.05) is 57.4 Å². The van der Waals surface area contributed by atoms with Crippen LogP contribution in [0.3, 0.4) is 0 Å². The smallest absolute Gasteiger partial charge is 0.306 e. The molecule has 0 saturated carbocycles. The van der Waals surface area contributed by atoms with E-state index < -0.39 is 11.5 Å². The minimum Gasteiger partial charge on any atom is -0.456 e. The number of carbonyl (C=O) groups is 2. The van der Waals surface area contributed by atoms with Gasteiger partial charge in [0.15, 0.2) is 0 Å². The third-order valence-electron chi connectivity index (χ3n) is 6.28. The van der Waals surface area contributed by atoms with Crippen LogP contribution in [0.2, 0.25) is 0 Å². The van der Waals surface area contributed by atoms with Gasteiger partial charge in [-0.3, -0.25) is 9.59 Å². The number of allylic oxidation sites excluding steroid dienone is 1. The second-order valence-corrected chi connectivity index (χ2v) is 11.5. The summed E-state index contributed by atoms with van der Waals surface area (Å²) in [6.45, 7) is 12.2. The first-order chi connectivity index (χ1) is 15.0. The number of hydrogen-bond donors (Lipinski definition) is 0. The summed E-state index contributed by atoms with van der Waals surface area (Å²) in [5.41, 5.74) is 1.49. The van der Waals surface area contributed by atoms with E-state index in [1.165, 1.54) is 5.57 Å². The number of cyclic esters (lactones) is 1. The molecule has 0 radical (unpaired) electrons. The molecule has 0 N–H and O–H groups in total. The molecule has 0 amide bonds. The summed E-state index contributed by atoms with van der Waals surface area (Å²) in [4.78, 5) is 30.2. The summed E-state index contributed by atoms with van der Waals surface area (Å²) in [5, 5.41) is 3.36. The summed E-state index contributed by atoms with van der Waals surface area (Å²) >= 11 is 8.15. The Balaban J connectivity index is 2.23. The Morgan fingerprint density at radius 3 is 2.62 bits per heavy atom. The maximum atomic E-state index is 13.0. The van der Waals surface area contributed by atoms with Crippen molar-refractivity contribution in [2.24, 2.45) is 17.3 Å². The number of thiazole rings is 1. The number of Topliss-reactive ketones (excluding diaryl/α,β-unsaturated/α-hetero) is 1. The Hall–Kier alpha value is -1.46. The van der Waals surface area contributed by atoms with Crippen LogP contribution in [0.1, 0.15) is 90.3 Å². The van der Waals surface area contributed by atoms with Crippen LogP contribution < -0.4 is 0 Å². The van der Waals surface area contributed by atoms with E-state index >= 15 is 0 Å². The number of ether oxygens (including phenoxy) is 1. The predicted molar refractivity (Wildman–Crippen MR) is 134 cm³/mol. The first-order valence-corrected chi connectivity index (χ1v) is 12.9. The molecule has 3 unspecified atom stereocenters. The Bertz CT molecular complexity index is 855. The molecule has 2 heterocycles. The predicted octanol–water partition coefficient (Wildman–Crippen LogP) is 7.50. The molecule has 3 atom stereocenters. The van der Waals surface area contributed by atoms with Gasteiger partial charge in [0, 0.05) is 29.6 Å². The van der Waals surface area contributed by atoms with Gasteiger partial charge in [-0.05, 0) is 51.5 Å². The van der Waals surface area contributed by atoms with Crippen molar-refractivity contribution < 1.29 is 14.3 Å². The lowest BCUT2D eigenvalue weighted by molar-refractivity contribution is -0.148. The van der Waals surface area contributed by atoms with Gasteiger partial charge in [-0.25, -0.2) is 4.98 Å². The Morgan fingerprint density at radius 1 is 1.25 bits per heavy atom. The summed E-state index contributed by atoms with van der Waals surface area (Å²) in [6.07, 6.45) is 8.63. The van der Waals surface area contributed by atoms with E-state index in [1.807, 2.05) is 33.1 Å². The number of hydrogen-bond acceptors (Lipinski definition) is 5. The van der Waals surface area contributed by atoms with Crippen LogP contribution in [-0.2, 0) is 14.3 Å². The van der Waals surface area contributed by atoms with Crippen LogP contribution in [0.15, 0.2) is 22.1 Å². The highest BCUT2D eigenvalue weighted by molar-refractivity contribution is 7.09. The molecular weight excluding hydrogens is 442 g/mol. The van der Waals surface area contributed by atoms with Crippen LogP contribution in [0, 0.1) is 24.2 Å². The lowest BCUT2D eigenvalue weighted by atomic mass is 9.75. The Labute approximate surface area is 202 Å². The molecular formula is C26H38ClNO3S. The van der Waals surface area contributed by atoms with E-state index in [9.17, 15) is 9.59 Å². The minimum absolute atomic E-state index is 0.00717. The van der Waals surface area contributed by atoms with Crippen molar-refractivity contribution in [3.8, 4) is 0 Å². The summed E-state index contributed by atoms with van der Waals surface area (Å²) < 4.78 is 5.79. The monoisotopic (exact) mass is 479 g/mol. The molecule has 1 aromatic heterocycles. The zero-order valence-corrected chi connectivity index (χ0v) is 21.9. The fraction of sp³-hybridized carbons (Fsp3) is 0.654. The molecule has 0 aliphatic carbocycles. The van der Waals surface area contributed by atoms with Crippen molar-refractivity contribution in [2.45, 2.75) is 92.6 Å². The highest BCUT2D eigenvalue weighted by Gasteiger charge is 2.33. The molecule has 178 valence electrons. The van der Waals surface area contributed by atoms with Crippen molar-refractivity contribution in [1.29, 1.82) is 0 Å². The van der Waals surface area contributed by atoms with Gasteiger partial charge >= 0.3 is 5.97 Å². The number of esters is 1. The molecule has 2 rings (SSSR count). The third kappa shape index (κ3) is 8.47. The lowest BCUT2D eigenvalue weighted by Crippen LogP contribution is -2.31. The van der Waals surface area contributed by atoms with E-state index in [0.29, 0.717) is 23.8 Å². The standard InChI is InChI=1S/C26H38ClNO3S/c1-17-8-7-9-18(2)14-19(3)25(30)26(5,6)13-12-24(29)31-23(11-10-17)22(27)15-21-16-32-20(4)28-21/h10,15-16,18-19,23H,7-9,11-14H2,1-6H3. The van der Waals surface area contributed by atoms with Crippen molar-refractivity contribution in [2.75, 3.05) is 0 Å². The molecule has 1 aromatic rings.